The fraction of sp³-hybridized carbons (Fsp3) is 0.692. The normalized spacial score (nSPS) is 18.4. The van der Waals surface area contributed by atoms with Crippen molar-refractivity contribution in [2.75, 3.05) is 26.7 Å². The topological polar surface area (TPSA) is 41.0 Å². The Morgan fingerprint density at radius 1 is 1.41 bits per heavy atom. The molecule has 4 nitrogen and oxygen atoms in total. The third-order valence-electron chi connectivity index (χ3n) is 3.54. The molecule has 1 aliphatic rings. The van der Waals surface area contributed by atoms with Gasteiger partial charge in [0.25, 0.3) is 0 Å². The van der Waals surface area contributed by atoms with Crippen LogP contribution in [0, 0.1) is 5.92 Å². The second kappa shape index (κ2) is 6.67. The zero-order valence-corrected chi connectivity index (χ0v) is 10.6. The highest BCUT2D eigenvalue weighted by Gasteiger charge is 2.18. The van der Waals surface area contributed by atoms with Crippen molar-refractivity contribution in [1.29, 1.82) is 0 Å². The maximum atomic E-state index is 4.28. The van der Waals surface area contributed by atoms with Gasteiger partial charge in [0.15, 0.2) is 0 Å². The molecule has 0 saturated carbocycles. The molecule has 1 N–H and O–H groups in total. The first-order valence-corrected chi connectivity index (χ1v) is 6.50. The number of aromatic nitrogens is 2. The van der Waals surface area contributed by atoms with Crippen LogP contribution in [0.15, 0.2) is 18.6 Å². The highest BCUT2D eigenvalue weighted by Crippen LogP contribution is 2.20. The highest BCUT2D eigenvalue weighted by atomic mass is 15.1. The van der Waals surface area contributed by atoms with Gasteiger partial charge in [-0.15, -0.1) is 0 Å². The summed E-state index contributed by atoms with van der Waals surface area (Å²) < 4.78 is 0. The summed E-state index contributed by atoms with van der Waals surface area (Å²) in [5, 5.41) is 3.24. The van der Waals surface area contributed by atoms with Crippen LogP contribution in [0.1, 0.15) is 25.0 Å². The predicted octanol–water partition coefficient (Wildman–Crippen LogP) is 1.30. The van der Waals surface area contributed by atoms with Gasteiger partial charge < -0.3 is 5.32 Å². The zero-order valence-electron chi connectivity index (χ0n) is 10.6. The molecule has 1 saturated heterocycles. The van der Waals surface area contributed by atoms with Gasteiger partial charge in [-0.25, -0.2) is 9.97 Å². The van der Waals surface area contributed by atoms with E-state index >= 15 is 0 Å². The van der Waals surface area contributed by atoms with Crippen LogP contribution < -0.4 is 5.32 Å². The maximum absolute atomic E-state index is 4.28. The predicted molar refractivity (Wildman–Crippen MR) is 68.6 cm³/mol. The van der Waals surface area contributed by atoms with E-state index in [1.165, 1.54) is 32.4 Å². The molecule has 2 rings (SSSR count). The lowest BCUT2D eigenvalue weighted by Gasteiger charge is -2.31. The average molecular weight is 234 g/mol. The van der Waals surface area contributed by atoms with E-state index in [0.717, 1.165) is 24.7 Å². The smallest absolute Gasteiger partial charge is 0.115 e. The largest absolute Gasteiger partial charge is 0.320 e. The average Bonchev–Trinajstić information content (AvgIpc) is 2.39. The van der Waals surface area contributed by atoms with E-state index < -0.39 is 0 Å². The van der Waals surface area contributed by atoms with E-state index in [1.54, 1.807) is 6.33 Å². The van der Waals surface area contributed by atoms with E-state index in [0.29, 0.717) is 0 Å². The molecule has 17 heavy (non-hydrogen) atoms. The molecule has 1 aromatic heterocycles. The Labute approximate surface area is 103 Å². The first-order valence-electron chi connectivity index (χ1n) is 6.50. The molecule has 0 spiro atoms. The van der Waals surface area contributed by atoms with Crippen molar-refractivity contribution in [2.45, 2.75) is 25.8 Å². The maximum Gasteiger partial charge on any atom is 0.115 e. The number of nitrogens with zero attached hydrogens (tertiary/aromatic N) is 3. The third kappa shape index (κ3) is 4.06. The number of piperidine rings is 1. The van der Waals surface area contributed by atoms with Crippen LogP contribution in [0.25, 0.3) is 0 Å². The van der Waals surface area contributed by atoms with E-state index in [-0.39, 0.29) is 0 Å². The minimum Gasteiger partial charge on any atom is -0.320 e. The Kier molecular flexibility index (Phi) is 4.88. The van der Waals surface area contributed by atoms with Gasteiger partial charge in [0.1, 0.15) is 6.33 Å². The molecule has 4 heteroatoms. The van der Waals surface area contributed by atoms with E-state index in [9.17, 15) is 0 Å². The van der Waals surface area contributed by atoms with Crippen LogP contribution >= 0.6 is 0 Å². The number of rotatable bonds is 5. The first kappa shape index (κ1) is 12.5. The van der Waals surface area contributed by atoms with Crippen molar-refractivity contribution in [3.63, 3.8) is 0 Å². The van der Waals surface area contributed by atoms with E-state index in [4.69, 9.17) is 0 Å². The molecule has 94 valence electrons. The molecule has 1 fully saturated rings. The monoisotopic (exact) mass is 234 g/mol. The van der Waals surface area contributed by atoms with Gasteiger partial charge >= 0.3 is 0 Å². The van der Waals surface area contributed by atoms with Crippen molar-refractivity contribution in [3.05, 3.63) is 24.3 Å². The number of likely N-dealkylation sites (tertiary alicyclic amines) is 1. The molecular weight excluding hydrogens is 212 g/mol. The Morgan fingerprint density at radius 3 is 2.88 bits per heavy atom. The van der Waals surface area contributed by atoms with Crippen LogP contribution in [-0.2, 0) is 6.54 Å². The molecule has 1 aromatic rings. The van der Waals surface area contributed by atoms with Gasteiger partial charge in [-0.1, -0.05) is 0 Å². The lowest BCUT2D eigenvalue weighted by molar-refractivity contribution is 0.170. The van der Waals surface area contributed by atoms with Gasteiger partial charge in [0, 0.05) is 12.7 Å². The Morgan fingerprint density at radius 2 is 2.24 bits per heavy atom. The van der Waals surface area contributed by atoms with Crippen LogP contribution in [0.3, 0.4) is 0 Å². The van der Waals surface area contributed by atoms with Crippen LogP contribution in [-0.4, -0.2) is 41.5 Å². The lowest BCUT2D eigenvalue weighted by Crippen LogP contribution is -2.34. The molecule has 0 aromatic carbocycles. The van der Waals surface area contributed by atoms with E-state index in [1.807, 2.05) is 19.3 Å². The minimum atomic E-state index is 0.907. The zero-order chi connectivity index (χ0) is 11.9. The first-order chi connectivity index (χ1) is 8.38. The molecular formula is C13H22N4. The Balaban J connectivity index is 1.72. The van der Waals surface area contributed by atoms with Crippen molar-refractivity contribution in [1.82, 2.24) is 20.2 Å². The molecule has 0 unspecified atom stereocenters. The van der Waals surface area contributed by atoms with Gasteiger partial charge in [-0.05, 0) is 57.9 Å². The summed E-state index contributed by atoms with van der Waals surface area (Å²) in [5.41, 5.74) is 1.13. The van der Waals surface area contributed by atoms with Crippen molar-refractivity contribution in [3.8, 4) is 0 Å². The molecule has 0 aliphatic carbocycles. The number of hydrogen-bond donors (Lipinski definition) is 1. The van der Waals surface area contributed by atoms with Crippen LogP contribution in [0.2, 0.25) is 0 Å². The van der Waals surface area contributed by atoms with Crippen LogP contribution in [0.4, 0.5) is 0 Å². The summed E-state index contributed by atoms with van der Waals surface area (Å²) in [6.45, 7) is 4.54. The molecule has 0 atom stereocenters. The number of nitrogens with one attached hydrogen (secondary N) is 1. The summed E-state index contributed by atoms with van der Waals surface area (Å²) in [5.74, 6) is 0.907. The molecule has 1 aliphatic heterocycles. The van der Waals surface area contributed by atoms with Crippen molar-refractivity contribution < 1.29 is 0 Å². The minimum absolute atomic E-state index is 0.907. The lowest BCUT2D eigenvalue weighted by atomic mass is 9.93. The van der Waals surface area contributed by atoms with Gasteiger partial charge in [-0.3, -0.25) is 4.90 Å². The molecule has 0 bridgehead atoms. The molecule has 0 radical (unpaired) electrons. The molecule has 2 heterocycles. The number of hydrogen-bond acceptors (Lipinski definition) is 4. The summed E-state index contributed by atoms with van der Waals surface area (Å²) in [6, 6.07) is 2.01. The fourth-order valence-electron chi connectivity index (χ4n) is 2.42. The second-order valence-electron chi connectivity index (χ2n) is 4.81. The summed E-state index contributed by atoms with van der Waals surface area (Å²) in [4.78, 5) is 10.7. The third-order valence-corrected chi connectivity index (χ3v) is 3.54. The van der Waals surface area contributed by atoms with Gasteiger partial charge in [0.2, 0.25) is 0 Å². The molecule has 0 amide bonds. The van der Waals surface area contributed by atoms with Crippen molar-refractivity contribution in [2.24, 2.45) is 5.92 Å². The quantitative estimate of drug-likeness (QED) is 0.833. The van der Waals surface area contributed by atoms with Crippen molar-refractivity contribution >= 4 is 0 Å². The fourth-order valence-corrected chi connectivity index (χ4v) is 2.42. The SMILES string of the molecule is CNCCC1CCN(Cc2ccncn2)CC1. The van der Waals surface area contributed by atoms with E-state index in [2.05, 4.69) is 20.2 Å². The standard InChI is InChI=1S/C13H22N4/c1-14-6-2-12-4-8-17(9-5-12)10-13-3-7-15-11-16-13/h3,7,11-12,14H,2,4-6,8-10H2,1H3. The highest BCUT2D eigenvalue weighted by molar-refractivity contribution is 4.97. The van der Waals surface area contributed by atoms with Crippen LogP contribution in [0.5, 0.6) is 0 Å². The Bertz CT molecular complexity index is 306. The van der Waals surface area contributed by atoms with Gasteiger partial charge in [-0.2, -0.15) is 0 Å². The second-order valence-corrected chi connectivity index (χ2v) is 4.81. The van der Waals surface area contributed by atoms with Gasteiger partial charge in [0.05, 0.1) is 5.69 Å². The Hall–Kier alpha value is -1.00. The summed E-state index contributed by atoms with van der Waals surface area (Å²) >= 11 is 0. The summed E-state index contributed by atoms with van der Waals surface area (Å²) in [6.07, 6.45) is 7.42. The summed E-state index contributed by atoms with van der Waals surface area (Å²) in [7, 11) is 2.03.